The lowest BCUT2D eigenvalue weighted by atomic mass is 10.1. The van der Waals surface area contributed by atoms with Crippen molar-refractivity contribution in [2.75, 3.05) is 18.5 Å². The predicted octanol–water partition coefficient (Wildman–Crippen LogP) is 1.97. The van der Waals surface area contributed by atoms with Gasteiger partial charge in [0.1, 0.15) is 6.54 Å². The molecule has 2 aromatic carbocycles. The fourth-order valence-electron chi connectivity index (χ4n) is 2.55. The van der Waals surface area contributed by atoms with Crippen LogP contribution in [0.4, 0.5) is 5.69 Å². The van der Waals surface area contributed by atoms with Gasteiger partial charge in [0, 0.05) is 11.3 Å². The molecule has 9 heteroatoms. The summed E-state index contributed by atoms with van der Waals surface area (Å²) >= 11 is 0. The Balaban J connectivity index is 1.84. The Morgan fingerprint density at radius 1 is 0.966 bits per heavy atom. The van der Waals surface area contributed by atoms with Crippen LogP contribution in [0.1, 0.15) is 28.4 Å². The van der Waals surface area contributed by atoms with Gasteiger partial charge in [-0.05, 0) is 56.2 Å². The minimum absolute atomic E-state index is 0.0946. The quantitative estimate of drug-likeness (QED) is 0.500. The lowest BCUT2D eigenvalue weighted by Crippen LogP contribution is -2.32. The summed E-state index contributed by atoms with van der Waals surface area (Å²) in [6.07, 6.45) is 0. The van der Waals surface area contributed by atoms with Gasteiger partial charge in [-0.2, -0.15) is 4.72 Å². The topological polar surface area (TPSA) is 119 Å². The molecule has 0 fully saturated rings. The Hall–Kier alpha value is -3.04. The number of ketones is 1. The zero-order valence-electron chi connectivity index (χ0n) is 16.3. The monoisotopic (exact) mass is 418 g/mol. The van der Waals surface area contributed by atoms with Crippen LogP contribution in [0.5, 0.6) is 0 Å². The zero-order chi connectivity index (χ0) is 21.6. The van der Waals surface area contributed by atoms with E-state index in [0.29, 0.717) is 11.3 Å². The van der Waals surface area contributed by atoms with E-state index >= 15 is 0 Å². The number of hydrogen-bond donors (Lipinski definition) is 2. The number of anilines is 1. The van der Waals surface area contributed by atoms with Crippen molar-refractivity contribution in [3.05, 3.63) is 59.2 Å². The fourth-order valence-corrected chi connectivity index (χ4v) is 3.52. The summed E-state index contributed by atoms with van der Waals surface area (Å²) in [5.41, 5.74) is 2.91. The number of Topliss-reactive ketones (excluding diaryl/α,β-unsaturated/α-hetero) is 1. The lowest BCUT2D eigenvalue weighted by Gasteiger charge is -2.09. The average Bonchev–Trinajstić information content (AvgIpc) is 2.64. The standard InChI is InChI=1S/C20H22N2O6S/c1-13-8-14(2)10-17(9-13)22-19(24)12-28-20(25)11-21-29(26,27)18-6-4-16(5-7-18)15(3)23/h4-10,21H,11-12H2,1-3H3,(H,22,24). The number of benzene rings is 2. The van der Waals surface area contributed by atoms with E-state index < -0.39 is 35.1 Å². The molecule has 0 heterocycles. The molecule has 0 saturated heterocycles. The van der Waals surface area contributed by atoms with Gasteiger partial charge < -0.3 is 10.1 Å². The number of sulfonamides is 1. The molecule has 154 valence electrons. The summed E-state index contributed by atoms with van der Waals surface area (Å²) in [4.78, 5) is 34.8. The first-order valence-electron chi connectivity index (χ1n) is 8.71. The van der Waals surface area contributed by atoms with Crippen LogP contribution in [0.25, 0.3) is 0 Å². The number of nitrogens with one attached hydrogen (secondary N) is 2. The third-order valence-electron chi connectivity index (χ3n) is 3.85. The van der Waals surface area contributed by atoms with Crippen molar-refractivity contribution in [1.82, 2.24) is 4.72 Å². The molecule has 0 bridgehead atoms. The van der Waals surface area contributed by atoms with Crippen molar-refractivity contribution < 1.29 is 27.5 Å². The normalized spacial score (nSPS) is 11.0. The summed E-state index contributed by atoms with van der Waals surface area (Å²) < 4.78 is 31.2. The third kappa shape index (κ3) is 6.81. The molecule has 2 aromatic rings. The second-order valence-corrected chi connectivity index (χ2v) is 8.26. The molecule has 0 atom stereocenters. The van der Waals surface area contributed by atoms with E-state index in [2.05, 4.69) is 10.0 Å². The minimum atomic E-state index is -3.96. The van der Waals surface area contributed by atoms with Crippen LogP contribution >= 0.6 is 0 Å². The average molecular weight is 418 g/mol. The number of carbonyl (C=O) groups is 3. The van der Waals surface area contributed by atoms with E-state index in [9.17, 15) is 22.8 Å². The van der Waals surface area contributed by atoms with Crippen LogP contribution in [0.15, 0.2) is 47.4 Å². The first kappa shape index (κ1) is 22.3. The molecule has 0 aliphatic carbocycles. The second-order valence-electron chi connectivity index (χ2n) is 6.49. The number of hydrogen-bond acceptors (Lipinski definition) is 6. The van der Waals surface area contributed by atoms with E-state index in [1.807, 2.05) is 19.9 Å². The first-order valence-corrected chi connectivity index (χ1v) is 10.2. The Labute approximate surface area is 169 Å². The lowest BCUT2D eigenvalue weighted by molar-refractivity contribution is -0.146. The molecule has 0 saturated carbocycles. The maximum absolute atomic E-state index is 12.2. The predicted molar refractivity (Wildman–Crippen MR) is 107 cm³/mol. The fraction of sp³-hybridized carbons (Fsp3) is 0.250. The highest BCUT2D eigenvalue weighted by Crippen LogP contribution is 2.13. The number of amides is 1. The van der Waals surface area contributed by atoms with E-state index in [4.69, 9.17) is 4.74 Å². The van der Waals surface area contributed by atoms with Crippen molar-refractivity contribution in [3.63, 3.8) is 0 Å². The molecule has 0 unspecified atom stereocenters. The van der Waals surface area contributed by atoms with Gasteiger partial charge in [-0.25, -0.2) is 8.42 Å². The van der Waals surface area contributed by atoms with E-state index in [-0.39, 0.29) is 10.7 Å². The maximum Gasteiger partial charge on any atom is 0.321 e. The molecule has 0 spiro atoms. The Kier molecular flexibility index (Phi) is 7.24. The first-order chi connectivity index (χ1) is 13.6. The van der Waals surface area contributed by atoms with Gasteiger partial charge in [0.15, 0.2) is 12.4 Å². The highest BCUT2D eigenvalue weighted by atomic mass is 32.2. The van der Waals surface area contributed by atoms with Crippen LogP contribution in [0, 0.1) is 13.8 Å². The number of carbonyl (C=O) groups excluding carboxylic acids is 3. The highest BCUT2D eigenvalue weighted by Gasteiger charge is 2.17. The van der Waals surface area contributed by atoms with Gasteiger partial charge in [-0.1, -0.05) is 18.2 Å². The van der Waals surface area contributed by atoms with Crippen LogP contribution in [-0.2, 0) is 24.3 Å². The van der Waals surface area contributed by atoms with Crippen molar-refractivity contribution in [3.8, 4) is 0 Å². The van der Waals surface area contributed by atoms with Gasteiger partial charge in [-0.15, -0.1) is 0 Å². The summed E-state index contributed by atoms with van der Waals surface area (Å²) in [5.74, 6) is -1.62. The Morgan fingerprint density at radius 3 is 2.10 bits per heavy atom. The van der Waals surface area contributed by atoms with E-state index in [0.717, 1.165) is 11.1 Å². The summed E-state index contributed by atoms with van der Waals surface area (Å²) in [7, 11) is -3.96. The molecular weight excluding hydrogens is 396 g/mol. The maximum atomic E-state index is 12.2. The number of ether oxygens (including phenoxy) is 1. The van der Waals surface area contributed by atoms with Crippen LogP contribution in [0.2, 0.25) is 0 Å². The minimum Gasteiger partial charge on any atom is -0.455 e. The van der Waals surface area contributed by atoms with Crippen molar-refractivity contribution in [2.24, 2.45) is 0 Å². The van der Waals surface area contributed by atoms with Crippen LogP contribution < -0.4 is 10.0 Å². The molecule has 2 rings (SSSR count). The van der Waals surface area contributed by atoms with Crippen LogP contribution in [-0.4, -0.2) is 39.2 Å². The van der Waals surface area contributed by atoms with Crippen molar-refractivity contribution in [2.45, 2.75) is 25.7 Å². The molecule has 8 nitrogen and oxygen atoms in total. The van der Waals surface area contributed by atoms with Gasteiger partial charge in [-0.3, -0.25) is 14.4 Å². The number of aryl methyl sites for hydroxylation is 2. The van der Waals surface area contributed by atoms with Gasteiger partial charge in [0.2, 0.25) is 10.0 Å². The Morgan fingerprint density at radius 2 is 1.55 bits per heavy atom. The molecule has 0 aliphatic heterocycles. The molecular formula is C20H22N2O6S. The molecule has 0 aromatic heterocycles. The van der Waals surface area contributed by atoms with E-state index in [1.54, 1.807) is 12.1 Å². The smallest absolute Gasteiger partial charge is 0.321 e. The van der Waals surface area contributed by atoms with Crippen molar-refractivity contribution >= 4 is 33.4 Å². The molecule has 2 N–H and O–H groups in total. The van der Waals surface area contributed by atoms with Crippen LogP contribution in [0.3, 0.4) is 0 Å². The molecule has 0 aliphatic rings. The Bertz CT molecular complexity index is 1010. The molecule has 1 amide bonds. The van der Waals surface area contributed by atoms with E-state index in [1.165, 1.54) is 31.2 Å². The molecule has 0 radical (unpaired) electrons. The third-order valence-corrected chi connectivity index (χ3v) is 5.26. The number of rotatable bonds is 8. The largest absolute Gasteiger partial charge is 0.455 e. The number of esters is 1. The van der Waals surface area contributed by atoms with Gasteiger partial charge >= 0.3 is 5.97 Å². The zero-order valence-corrected chi connectivity index (χ0v) is 17.1. The second kappa shape index (κ2) is 9.44. The van der Waals surface area contributed by atoms with Gasteiger partial charge in [0.25, 0.3) is 5.91 Å². The summed E-state index contributed by atoms with van der Waals surface area (Å²) in [5, 5.41) is 2.61. The van der Waals surface area contributed by atoms with Gasteiger partial charge in [0.05, 0.1) is 4.90 Å². The summed E-state index contributed by atoms with van der Waals surface area (Å²) in [6, 6.07) is 10.8. The van der Waals surface area contributed by atoms with Crippen molar-refractivity contribution in [1.29, 1.82) is 0 Å². The summed E-state index contributed by atoms with van der Waals surface area (Å²) in [6.45, 7) is 3.98. The SMILES string of the molecule is CC(=O)c1ccc(S(=O)(=O)NCC(=O)OCC(=O)Nc2cc(C)cc(C)c2)cc1. The molecule has 29 heavy (non-hydrogen) atoms. The highest BCUT2D eigenvalue weighted by molar-refractivity contribution is 7.89.